The monoisotopic (exact) mass is 507 g/mol. The highest BCUT2D eigenvalue weighted by molar-refractivity contribution is 5.94. The van der Waals surface area contributed by atoms with Gasteiger partial charge in [0.15, 0.2) is 0 Å². The zero-order chi connectivity index (χ0) is 25.5. The third-order valence-electron chi connectivity index (χ3n) is 7.92. The van der Waals surface area contributed by atoms with E-state index in [0.717, 1.165) is 50.9 Å². The molecule has 200 valence electrons. The molecule has 0 spiro atoms. The van der Waals surface area contributed by atoms with Gasteiger partial charge in [-0.15, -0.1) is 0 Å². The van der Waals surface area contributed by atoms with Crippen LogP contribution in [0.3, 0.4) is 0 Å². The number of nitrogens with zero attached hydrogens (tertiary/aromatic N) is 1. The second-order valence-corrected chi connectivity index (χ2v) is 10.7. The number of piperidine rings is 1. The number of anilines is 1. The van der Waals surface area contributed by atoms with Crippen molar-refractivity contribution in [2.24, 2.45) is 5.92 Å². The fourth-order valence-electron chi connectivity index (χ4n) is 5.69. The normalized spacial score (nSPS) is 26.5. The van der Waals surface area contributed by atoms with Crippen molar-refractivity contribution in [2.45, 2.75) is 63.1 Å². The number of amides is 1. The van der Waals surface area contributed by atoms with Crippen molar-refractivity contribution >= 4 is 11.6 Å². The molecule has 4 atom stereocenters. The Hall–Kier alpha value is -2.49. The van der Waals surface area contributed by atoms with Crippen LogP contribution >= 0.6 is 0 Å². The quantitative estimate of drug-likeness (QED) is 0.368. The number of benzene rings is 2. The lowest BCUT2D eigenvalue weighted by Gasteiger charge is -2.32. The number of hydrogen-bond donors (Lipinski definition) is 4. The van der Waals surface area contributed by atoms with Crippen LogP contribution in [0.25, 0.3) is 0 Å². The highest BCUT2D eigenvalue weighted by atomic mass is 16.5. The number of ether oxygens (including phenoxy) is 2. The molecule has 4 unspecified atom stereocenters. The van der Waals surface area contributed by atoms with E-state index in [9.17, 15) is 4.79 Å². The minimum Gasteiger partial charge on any atom is -0.382 e. The number of hydrazine groups is 1. The van der Waals surface area contributed by atoms with Gasteiger partial charge in [-0.2, -0.15) is 0 Å². The average molecular weight is 508 g/mol. The maximum absolute atomic E-state index is 12.9. The third-order valence-corrected chi connectivity index (χ3v) is 7.92. The average Bonchev–Trinajstić information content (AvgIpc) is 3.32. The molecule has 2 aliphatic heterocycles. The van der Waals surface area contributed by atoms with Gasteiger partial charge in [-0.05, 0) is 82.1 Å². The largest absolute Gasteiger partial charge is 0.382 e. The molecule has 8 nitrogen and oxygen atoms in total. The van der Waals surface area contributed by atoms with Crippen molar-refractivity contribution in [3.63, 3.8) is 0 Å². The van der Waals surface area contributed by atoms with Gasteiger partial charge in [0, 0.05) is 29.3 Å². The highest BCUT2D eigenvalue weighted by Gasteiger charge is 2.41. The van der Waals surface area contributed by atoms with Crippen LogP contribution in [0.15, 0.2) is 54.6 Å². The lowest BCUT2D eigenvalue weighted by atomic mass is 9.82. The van der Waals surface area contributed by atoms with Gasteiger partial charge in [-0.1, -0.05) is 30.3 Å². The summed E-state index contributed by atoms with van der Waals surface area (Å²) in [4.78, 5) is 15.3. The van der Waals surface area contributed by atoms with Crippen molar-refractivity contribution in [1.82, 2.24) is 21.1 Å². The Balaban J connectivity index is 1.01. The van der Waals surface area contributed by atoms with E-state index in [1.54, 1.807) is 0 Å². The molecule has 2 heterocycles. The molecule has 1 amide bonds. The number of carbonyl (C=O) groups excluding carboxylic acids is 1. The van der Waals surface area contributed by atoms with Crippen LogP contribution in [-0.4, -0.2) is 68.5 Å². The number of carbonyl (C=O) groups is 1. The van der Waals surface area contributed by atoms with Gasteiger partial charge in [0.2, 0.25) is 0 Å². The summed E-state index contributed by atoms with van der Waals surface area (Å²) in [6.07, 6.45) is 5.36. The minimum atomic E-state index is -0.0790. The molecule has 0 radical (unpaired) electrons. The molecule has 2 aromatic carbocycles. The standard InChI is InChI=1S/C29H41N5O3/c1-34-15-13-24(14-16-34)30-23-9-7-22(8-10-23)29(35)31-28-26-12-11-25(19-27(26)32-33-28)37-18-17-36-20-21-5-3-2-4-6-21/h2-10,24-28,30,32-33H,11-20H2,1H3,(H,31,35). The van der Waals surface area contributed by atoms with E-state index in [0.29, 0.717) is 37.3 Å². The SMILES string of the molecule is CN1CCC(Nc2ccc(C(=O)NC3NNC4CC(OCCOCc5ccccc5)CCC43)cc2)CC1. The Bertz CT molecular complexity index is 981. The molecular formula is C29H41N5O3. The second-order valence-electron chi connectivity index (χ2n) is 10.7. The molecule has 0 bridgehead atoms. The molecule has 1 saturated carbocycles. The summed E-state index contributed by atoms with van der Waals surface area (Å²) in [7, 11) is 2.17. The van der Waals surface area contributed by atoms with Gasteiger partial charge in [-0.3, -0.25) is 10.2 Å². The second kappa shape index (κ2) is 12.8. The molecule has 3 aliphatic rings. The molecular weight excluding hydrogens is 466 g/mol. The first kappa shape index (κ1) is 26.1. The molecule has 5 rings (SSSR count). The Morgan fingerprint density at radius 3 is 2.54 bits per heavy atom. The predicted octanol–water partition coefficient (Wildman–Crippen LogP) is 3.13. The zero-order valence-electron chi connectivity index (χ0n) is 21.8. The summed E-state index contributed by atoms with van der Waals surface area (Å²) in [5.41, 5.74) is 9.64. The lowest BCUT2D eigenvalue weighted by molar-refractivity contribution is -0.0239. The lowest BCUT2D eigenvalue weighted by Crippen LogP contribution is -2.47. The van der Waals surface area contributed by atoms with Crippen LogP contribution in [0.1, 0.15) is 48.0 Å². The molecule has 0 aromatic heterocycles. The summed E-state index contributed by atoms with van der Waals surface area (Å²) >= 11 is 0. The zero-order valence-corrected chi connectivity index (χ0v) is 21.8. The Kier molecular flexibility index (Phi) is 9.07. The Morgan fingerprint density at radius 1 is 0.973 bits per heavy atom. The van der Waals surface area contributed by atoms with Crippen molar-refractivity contribution < 1.29 is 14.3 Å². The van der Waals surface area contributed by atoms with Crippen LogP contribution in [0.4, 0.5) is 5.69 Å². The number of nitrogens with one attached hydrogen (secondary N) is 4. The van der Waals surface area contributed by atoms with Crippen molar-refractivity contribution in [3.8, 4) is 0 Å². The smallest absolute Gasteiger partial charge is 0.252 e. The van der Waals surface area contributed by atoms with Gasteiger partial charge in [-0.25, -0.2) is 5.43 Å². The molecule has 1 aliphatic carbocycles. The van der Waals surface area contributed by atoms with Crippen LogP contribution in [0.5, 0.6) is 0 Å². The maximum Gasteiger partial charge on any atom is 0.252 e. The number of fused-ring (bicyclic) bond motifs is 1. The van der Waals surface area contributed by atoms with E-state index >= 15 is 0 Å². The van der Waals surface area contributed by atoms with Gasteiger partial charge in [0.25, 0.3) is 5.91 Å². The molecule has 4 N–H and O–H groups in total. The molecule has 2 aromatic rings. The third kappa shape index (κ3) is 7.30. The van der Waals surface area contributed by atoms with E-state index in [-0.39, 0.29) is 24.2 Å². The summed E-state index contributed by atoms with van der Waals surface area (Å²) in [6, 6.07) is 18.8. The topological polar surface area (TPSA) is 86.9 Å². The fraction of sp³-hybridized carbons (Fsp3) is 0.552. The summed E-state index contributed by atoms with van der Waals surface area (Å²) in [6.45, 7) is 4.06. The first-order chi connectivity index (χ1) is 18.1. The molecule has 2 saturated heterocycles. The highest BCUT2D eigenvalue weighted by Crippen LogP contribution is 2.31. The van der Waals surface area contributed by atoms with Crippen LogP contribution in [0.2, 0.25) is 0 Å². The van der Waals surface area contributed by atoms with Crippen LogP contribution in [0, 0.1) is 5.92 Å². The molecule has 37 heavy (non-hydrogen) atoms. The van der Waals surface area contributed by atoms with Crippen molar-refractivity contribution in [1.29, 1.82) is 0 Å². The number of rotatable bonds is 10. The van der Waals surface area contributed by atoms with Crippen LogP contribution in [-0.2, 0) is 16.1 Å². The maximum atomic E-state index is 12.9. The number of hydrogen-bond acceptors (Lipinski definition) is 7. The molecule has 3 fully saturated rings. The molecule has 8 heteroatoms. The van der Waals surface area contributed by atoms with E-state index in [1.165, 1.54) is 5.56 Å². The minimum absolute atomic E-state index is 0.0419. The summed E-state index contributed by atoms with van der Waals surface area (Å²) in [5, 5.41) is 6.80. The van der Waals surface area contributed by atoms with Gasteiger partial charge < -0.3 is 25.0 Å². The summed E-state index contributed by atoms with van der Waals surface area (Å²) < 4.78 is 11.8. The van der Waals surface area contributed by atoms with E-state index in [1.807, 2.05) is 42.5 Å². The van der Waals surface area contributed by atoms with E-state index in [4.69, 9.17) is 9.47 Å². The van der Waals surface area contributed by atoms with Gasteiger partial charge >= 0.3 is 0 Å². The van der Waals surface area contributed by atoms with Crippen molar-refractivity contribution in [3.05, 3.63) is 65.7 Å². The van der Waals surface area contributed by atoms with E-state index in [2.05, 4.69) is 45.6 Å². The van der Waals surface area contributed by atoms with Crippen LogP contribution < -0.4 is 21.5 Å². The van der Waals surface area contributed by atoms with E-state index < -0.39 is 0 Å². The summed E-state index contributed by atoms with van der Waals surface area (Å²) in [5.74, 6) is 0.309. The predicted molar refractivity (Wildman–Crippen MR) is 145 cm³/mol. The van der Waals surface area contributed by atoms with Crippen molar-refractivity contribution in [2.75, 3.05) is 38.7 Å². The first-order valence-electron chi connectivity index (χ1n) is 13.7. The first-order valence-corrected chi connectivity index (χ1v) is 13.7. The van der Waals surface area contributed by atoms with Gasteiger partial charge in [0.1, 0.15) is 0 Å². The van der Waals surface area contributed by atoms with Gasteiger partial charge in [0.05, 0.1) is 32.1 Å². The Morgan fingerprint density at radius 2 is 1.76 bits per heavy atom. The number of likely N-dealkylation sites (tertiary alicyclic amines) is 1. The fourth-order valence-corrected chi connectivity index (χ4v) is 5.69. The Labute approximate surface area is 220 Å².